The lowest BCUT2D eigenvalue weighted by molar-refractivity contribution is 0.0743. The first-order chi connectivity index (χ1) is 15.2. The Morgan fingerprint density at radius 2 is 1.48 bits per heavy atom. The average Bonchev–Trinajstić information content (AvgIpc) is 2.84. The number of piperazine rings is 2. The maximum atomic E-state index is 12.9. The molecule has 1 amide bonds. The number of amides is 1. The second kappa shape index (κ2) is 9.93. The molecule has 2 aliphatic rings. The van der Waals surface area contributed by atoms with E-state index in [9.17, 15) is 4.79 Å². The summed E-state index contributed by atoms with van der Waals surface area (Å²) >= 11 is 0. The van der Waals surface area contributed by atoms with Crippen LogP contribution in [0.1, 0.15) is 10.4 Å². The number of anilines is 2. The van der Waals surface area contributed by atoms with Crippen molar-refractivity contribution in [3.05, 3.63) is 42.0 Å². The number of methoxy groups -OCH3 is 1. The van der Waals surface area contributed by atoms with Gasteiger partial charge in [-0.2, -0.15) is 0 Å². The molecule has 9 heteroatoms. The number of aliphatic hydroxyl groups is 1. The standard InChI is InChI=1S/C22H30N6O3/c1-31-19-5-3-2-4-18(19)22(30)28-14-12-27(13-15-28)21-7-6-20(23-24-21)26-10-8-25(9-11-26)16-17-29/h2-7,29H,8-17H2,1H3. The summed E-state index contributed by atoms with van der Waals surface area (Å²) in [4.78, 5) is 21.4. The van der Waals surface area contributed by atoms with E-state index in [1.807, 2.05) is 35.2 Å². The fourth-order valence-corrected chi connectivity index (χ4v) is 4.13. The number of carbonyl (C=O) groups excluding carboxylic acids is 1. The summed E-state index contributed by atoms with van der Waals surface area (Å²) < 4.78 is 5.33. The van der Waals surface area contributed by atoms with E-state index < -0.39 is 0 Å². The SMILES string of the molecule is COc1ccccc1C(=O)N1CCN(c2ccc(N3CCN(CCO)CC3)nn2)CC1. The third-order valence-electron chi connectivity index (χ3n) is 5.98. The van der Waals surface area contributed by atoms with Crippen LogP contribution in [-0.4, -0.2) is 104 Å². The van der Waals surface area contributed by atoms with Gasteiger partial charge in [0.15, 0.2) is 11.6 Å². The molecule has 0 atom stereocenters. The van der Waals surface area contributed by atoms with E-state index in [0.717, 1.165) is 57.4 Å². The van der Waals surface area contributed by atoms with Gasteiger partial charge in [0, 0.05) is 58.9 Å². The zero-order chi connectivity index (χ0) is 21.6. The first kappa shape index (κ1) is 21.3. The van der Waals surface area contributed by atoms with E-state index in [4.69, 9.17) is 9.84 Å². The minimum atomic E-state index is -0.00104. The van der Waals surface area contributed by atoms with Crippen molar-refractivity contribution in [1.29, 1.82) is 0 Å². The van der Waals surface area contributed by atoms with Crippen LogP contribution in [-0.2, 0) is 0 Å². The maximum absolute atomic E-state index is 12.9. The van der Waals surface area contributed by atoms with Crippen LogP contribution in [0.15, 0.2) is 36.4 Å². The van der Waals surface area contributed by atoms with Gasteiger partial charge in [-0.25, -0.2) is 0 Å². The van der Waals surface area contributed by atoms with Gasteiger partial charge in [0.05, 0.1) is 19.3 Å². The highest BCUT2D eigenvalue weighted by Crippen LogP contribution is 2.22. The number of ether oxygens (including phenoxy) is 1. The van der Waals surface area contributed by atoms with E-state index in [-0.39, 0.29) is 12.5 Å². The molecule has 0 radical (unpaired) electrons. The lowest BCUT2D eigenvalue weighted by Gasteiger charge is -2.36. The minimum Gasteiger partial charge on any atom is -0.496 e. The molecule has 1 aromatic carbocycles. The zero-order valence-corrected chi connectivity index (χ0v) is 18.0. The summed E-state index contributed by atoms with van der Waals surface area (Å²) in [6.45, 7) is 7.24. The Morgan fingerprint density at radius 1 is 0.903 bits per heavy atom. The number of β-amino-alcohol motifs (C(OH)–C–C–N with tert-alkyl or cyclic N) is 1. The van der Waals surface area contributed by atoms with Gasteiger partial charge in [-0.05, 0) is 24.3 Å². The molecule has 1 N–H and O–H groups in total. The second-order valence-electron chi connectivity index (χ2n) is 7.78. The monoisotopic (exact) mass is 426 g/mol. The van der Waals surface area contributed by atoms with Crippen molar-refractivity contribution in [3.8, 4) is 5.75 Å². The Kier molecular flexibility index (Phi) is 6.83. The van der Waals surface area contributed by atoms with Crippen LogP contribution in [0.3, 0.4) is 0 Å². The van der Waals surface area contributed by atoms with Gasteiger partial charge < -0.3 is 24.5 Å². The molecule has 0 aliphatic carbocycles. The third-order valence-corrected chi connectivity index (χ3v) is 5.98. The third kappa shape index (κ3) is 4.88. The Bertz CT molecular complexity index is 862. The van der Waals surface area contributed by atoms with E-state index in [1.165, 1.54) is 0 Å². The molecule has 0 spiro atoms. The molecule has 3 heterocycles. The summed E-state index contributed by atoms with van der Waals surface area (Å²) in [5, 5.41) is 18.0. The topological polar surface area (TPSA) is 85.3 Å². The summed E-state index contributed by atoms with van der Waals surface area (Å²) in [5.74, 6) is 2.33. The van der Waals surface area contributed by atoms with E-state index in [0.29, 0.717) is 24.4 Å². The Balaban J connectivity index is 1.31. The number of benzene rings is 1. The lowest BCUT2D eigenvalue weighted by atomic mass is 10.1. The van der Waals surface area contributed by atoms with E-state index in [1.54, 1.807) is 13.2 Å². The Morgan fingerprint density at radius 3 is 2.03 bits per heavy atom. The number of hydrogen-bond donors (Lipinski definition) is 1. The molecule has 31 heavy (non-hydrogen) atoms. The first-order valence-corrected chi connectivity index (χ1v) is 10.8. The van der Waals surface area contributed by atoms with Crippen LogP contribution >= 0.6 is 0 Å². The molecule has 166 valence electrons. The van der Waals surface area contributed by atoms with Crippen LogP contribution in [0.2, 0.25) is 0 Å². The summed E-state index contributed by atoms with van der Waals surface area (Å²) in [6.07, 6.45) is 0. The number of aromatic nitrogens is 2. The molecular weight excluding hydrogens is 396 g/mol. The van der Waals surface area contributed by atoms with Crippen molar-refractivity contribution >= 4 is 17.5 Å². The zero-order valence-electron chi connectivity index (χ0n) is 18.0. The quantitative estimate of drug-likeness (QED) is 0.717. The van der Waals surface area contributed by atoms with Crippen LogP contribution in [0.5, 0.6) is 5.75 Å². The normalized spacial score (nSPS) is 17.7. The van der Waals surface area contributed by atoms with Gasteiger partial charge in [-0.1, -0.05) is 12.1 Å². The van der Waals surface area contributed by atoms with Gasteiger partial charge in [0.25, 0.3) is 5.91 Å². The van der Waals surface area contributed by atoms with Crippen molar-refractivity contribution in [2.75, 3.05) is 82.4 Å². The molecular formula is C22H30N6O3. The molecule has 2 aliphatic heterocycles. The summed E-state index contributed by atoms with van der Waals surface area (Å²) in [5.41, 5.74) is 0.599. The fraction of sp³-hybridized carbons (Fsp3) is 0.500. The van der Waals surface area contributed by atoms with Crippen molar-refractivity contribution in [2.24, 2.45) is 0 Å². The Labute approximate surface area is 182 Å². The summed E-state index contributed by atoms with van der Waals surface area (Å²) in [7, 11) is 1.58. The van der Waals surface area contributed by atoms with Crippen LogP contribution in [0, 0.1) is 0 Å². The smallest absolute Gasteiger partial charge is 0.257 e. The molecule has 2 saturated heterocycles. The van der Waals surface area contributed by atoms with Gasteiger partial charge in [0.2, 0.25) is 0 Å². The molecule has 2 fully saturated rings. The highest BCUT2D eigenvalue weighted by molar-refractivity contribution is 5.97. The molecule has 4 rings (SSSR count). The van der Waals surface area contributed by atoms with E-state index >= 15 is 0 Å². The predicted molar refractivity (Wildman–Crippen MR) is 119 cm³/mol. The number of hydrogen-bond acceptors (Lipinski definition) is 8. The number of para-hydroxylation sites is 1. The average molecular weight is 427 g/mol. The second-order valence-corrected chi connectivity index (χ2v) is 7.78. The van der Waals surface area contributed by atoms with Crippen molar-refractivity contribution in [1.82, 2.24) is 20.0 Å². The minimum absolute atomic E-state index is 0.00104. The largest absolute Gasteiger partial charge is 0.496 e. The van der Waals surface area contributed by atoms with Gasteiger partial charge in [-0.3, -0.25) is 9.69 Å². The van der Waals surface area contributed by atoms with Gasteiger partial charge >= 0.3 is 0 Å². The number of aliphatic hydroxyl groups excluding tert-OH is 1. The molecule has 9 nitrogen and oxygen atoms in total. The van der Waals surface area contributed by atoms with Crippen LogP contribution in [0.25, 0.3) is 0 Å². The molecule has 2 aromatic rings. The number of carbonyl (C=O) groups is 1. The van der Waals surface area contributed by atoms with Crippen LogP contribution in [0.4, 0.5) is 11.6 Å². The number of rotatable bonds is 6. The highest BCUT2D eigenvalue weighted by Gasteiger charge is 2.25. The van der Waals surface area contributed by atoms with Gasteiger partial charge in [0.1, 0.15) is 5.75 Å². The first-order valence-electron chi connectivity index (χ1n) is 10.8. The van der Waals surface area contributed by atoms with Crippen molar-refractivity contribution < 1.29 is 14.6 Å². The molecule has 0 saturated carbocycles. The lowest BCUT2D eigenvalue weighted by Crippen LogP contribution is -2.49. The fourth-order valence-electron chi connectivity index (χ4n) is 4.13. The molecule has 0 unspecified atom stereocenters. The number of nitrogens with zero attached hydrogens (tertiary/aromatic N) is 6. The van der Waals surface area contributed by atoms with Crippen LogP contribution < -0.4 is 14.5 Å². The van der Waals surface area contributed by atoms with E-state index in [2.05, 4.69) is 24.9 Å². The van der Waals surface area contributed by atoms with Gasteiger partial charge in [-0.15, -0.1) is 10.2 Å². The van der Waals surface area contributed by atoms with Crippen molar-refractivity contribution in [3.63, 3.8) is 0 Å². The van der Waals surface area contributed by atoms with Crippen molar-refractivity contribution in [2.45, 2.75) is 0 Å². The molecule has 1 aromatic heterocycles. The maximum Gasteiger partial charge on any atom is 0.257 e. The Hall–Kier alpha value is -2.91. The molecule has 0 bridgehead atoms. The highest BCUT2D eigenvalue weighted by atomic mass is 16.5. The summed E-state index contributed by atoms with van der Waals surface area (Å²) in [6, 6.07) is 11.4. The predicted octanol–water partition coefficient (Wildman–Crippen LogP) is 0.562.